The highest BCUT2D eigenvalue weighted by Crippen LogP contribution is 2.37. The lowest BCUT2D eigenvalue weighted by Crippen LogP contribution is -2.55. The number of fused-ring (bicyclic) bond motifs is 2. The topological polar surface area (TPSA) is 101 Å². The van der Waals surface area contributed by atoms with Crippen LogP contribution in [0.4, 0.5) is 11.5 Å². The third-order valence-electron chi connectivity index (χ3n) is 10.2. The van der Waals surface area contributed by atoms with Gasteiger partial charge in [-0.25, -0.2) is 0 Å². The van der Waals surface area contributed by atoms with Gasteiger partial charge in [-0.15, -0.1) is 0 Å². The maximum Gasteiger partial charge on any atom is 0.318 e. The van der Waals surface area contributed by atoms with E-state index in [2.05, 4.69) is 68.8 Å². The molecule has 3 aromatic rings. The first-order valence-electron chi connectivity index (χ1n) is 17.3. The molecule has 0 radical (unpaired) electrons. The van der Waals surface area contributed by atoms with E-state index in [4.69, 9.17) is 31.0 Å². The first-order chi connectivity index (χ1) is 24.0. The standard InChI is InChI=1S/C37H43ClN8O3/c1-42-15-4-8-29(42)26-49-37-40-32-25-44(33-10-3-7-27-6-2-9-31(38)35(27)33)17-13-30(32)36(41-37)45-18-19-46(28(24-45)12-14-39)34(47)11-5-16-43-20-22-48-23-21-43/h2-3,6-7,9-10,28-29H,4,8,12-13,15-26H2,1H3/t28-,29-/m0/s1. The number of amides is 1. The fraction of sp³-hybridized carbons (Fsp3) is 0.514. The van der Waals surface area contributed by atoms with E-state index in [1.807, 2.05) is 12.1 Å². The molecule has 7 rings (SSSR count). The van der Waals surface area contributed by atoms with E-state index >= 15 is 0 Å². The first kappa shape index (κ1) is 33.4. The van der Waals surface area contributed by atoms with Crippen LogP contribution in [0.15, 0.2) is 36.4 Å². The number of ether oxygens (including phenoxy) is 2. The van der Waals surface area contributed by atoms with E-state index in [9.17, 15) is 10.1 Å². The fourth-order valence-electron chi connectivity index (χ4n) is 7.47. The van der Waals surface area contributed by atoms with Crippen molar-refractivity contribution >= 4 is 39.8 Å². The summed E-state index contributed by atoms with van der Waals surface area (Å²) in [6.45, 7) is 8.03. The predicted molar refractivity (Wildman–Crippen MR) is 190 cm³/mol. The summed E-state index contributed by atoms with van der Waals surface area (Å²) in [5.41, 5.74) is 3.10. The lowest BCUT2D eigenvalue weighted by atomic mass is 10.0. The molecule has 0 aliphatic carbocycles. The van der Waals surface area contributed by atoms with Crippen molar-refractivity contribution in [3.63, 3.8) is 0 Å². The minimum Gasteiger partial charge on any atom is -0.462 e. The number of nitrogens with zero attached hydrogens (tertiary/aromatic N) is 8. The van der Waals surface area contributed by atoms with Gasteiger partial charge >= 0.3 is 6.01 Å². The van der Waals surface area contributed by atoms with E-state index in [-0.39, 0.29) is 18.4 Å². The van der Waals surface area contributed by atoms with Gasteiger partial charge in [0.1, 0.15) is 12.4 Å². The van der Waals surface area contributed by atoms with Gasteiger partial charge in [-0.1, -0.05) is 41.8 Å². The van der Waals surface area contributed by atoms with Crippen LogP contribution in [0.3, 0.4) is 0 Å². The normalized spacial score (nSPS) is 21.6. The lowest BCUT2D eigenvalue weighted by molar-refractivity contribution is -0.127. The van der Waals surface area contributed by atoms with Crippen LogP contribution in [-0.2, 0) is 22.5 Å². The maximum atomic E-state index is 13.3. The summed E-state index contributed by atoms with van der Waals surface area (Å²) in [5.74, 6) is 6.51. The van der Waals surface area contributed by atoms with Crippen molar-refractivity contribution < 1.29 is 14.3 Å². The van der Waals surface area contributed by atoms with Crippen LogP contribution in [0.1, 0.15) is 30.5 Å². The van der Waals surface area contributed by atoms with Crippen LogP contribution in [0.25, 0.3) is 10.8 Å². The third kappa shape index (κ3) is 7.41. The predicted octanol–water partition coefficient (Wildman–Crippen LogP) is 3.59. The summed E-state index contributed by atoms with van der Waals surface area (Å²) in [5, 5.41) is 12.6. The molecule has 4 aliphatic heterocycles. The summed E-state index contributed by atoms with van der Waals surface area (Å²) in [6, 6.07) is 15.0. The number of carbonyl (C=O) groups is 1. The van der Waals surface area contributed by atoms with Gasteiger partial charge in [0.05, 0.1) is 55.6 Å². The molecule has 1 amide bonds. The van der Waals surface area contributed by atoms with Crippen molar-refractivity contribution in [2.24, 2.45) is 0 Å². The molecule has 49 heavy (non-hydrogen) atoms. The largest absolute Gasteiger partial charge is 0.462 e. The number of rotatable bonds is 7. The molecule has 11 nitrogen and oxygen atoms in total. The van der Waals surface area contributed by atoms with Gasteiger partial charge in [0, 0.05) is 61.9 Å². The zero-order valence-electron chi connectivity index (χ0n) is 28.1. The second-order valence-corrected chi connectivity index (χ2v) is 13.7. The van der Waals surface area contributed by atoms with Crippen LogP contribution in [0.2, 0.25) is 5.02 Å². The summed E-state index contributed by atoms with van der Waals surface area (Å²) < 4.78 is 11.8. The number of likely N-dealkylation sites (tertiary alicyclic amines) is 1. The Hall–Kier alpha value is -4.13. The molecule has 12 heteroatoms. The Balaban J connectivity index is 1.14. The minimum absolute atomic E-state index is 0.216. The van der Waals surface area contributed by atoms with Gasteiger partial charge in [-0.05, 0) is 56.3 Å². The number of piperazine rings is 1. The molecular formula is C37H43ClN8O3. The molecule has 0 N–H and O–H groups in total. The average Bonchev–Trinajstić information content (AvgIpc) is 3.54. The Kier molecular flexibility index (Phi) is 10.3. The van der Waals surface area contributed by atoms with Gasteiger partial charge in [0.15, 0.2) is 0 Å². The molecule has 0 spiro atoms. The molecule has 1 aromatic heterocycles. The molecule has 0 bridgehead atoms. The van der Waals surface area contributed by atoms with Crippen molar-refractivity contribution in [2.45, 2.75) is 44.3 Å². The molecule has 2 atom stereocenters. The lowest BCUT2D eigenvalue weighted by Gasteiger charge is -2.41. The molecule has 3 saturated heterocycles. The number of anilines is 2. The highest BCUT2D eigenvalue weighted by molar-refractivity contribution is 6.36. The van der Waals surface area contributed by atoms with Crippen LogP contribution >= 0.6 is 11.6 Å². The highest BCUT2D eigenvalue weighted by atomic mass is 35.5. The van der Waals surface area contributed by atoms with Crippen molar-refractivity contribution in [3.8, 4) is 23.9 Å². The van der Waals surface area contributed by atoms with E-state index < -0.39 is 0 Å². The molecule has 0 saturated carbocycles. The smallest absolute Gasteiger partial charge is 0.318 e. The average molecular weight is 683 g/mol. The van der Waals surface area contributed by atoms with Crippen LogP contribution in [0, 0.1) is 23.2 Å². The molecule has 5 heterocycles. The Morgan fingerprint density at radius 3 is 2.67 bits per heavy atom. The number of nitriles is 1. The summed E-state index contributed by atoms with van der Waals surface area (Å²) in [7, 11) is 2.14. The number of morpholine rings is 1. The first-order valence-corrected chi connectivity index (χ1v) is 17.7. The molecule has 256 valence electrons. The number of benzene rings is 2. The Morgan fingerprint density at radius 2 is 1.88 bits per heavy atom. The van der Waals surface area contributed by atoms with Crippen molar-refractivity contribution in [1.82, 2.24) is 24.7 Å². The van der Waals surface area contributed by atoms with Gasteiger partial charge in [-0.2, -0.15) is 15.2 Å². The Labute approximate surface area is 293 Å². The number of likely N-dealkylation sites (N-methyl/N-ethyl adjacent to an activating group) is 1. The van der Waals surface area contributed by atoms with Gasteiger partial charge in [-0.3, -0.25) is 9.69 Å². The SMILES string of the molecule is CN1CCC[C@H]1COc1nc2c(c(N3CCN(C(=O)C#CCN4CCOCC4)[C@@H](CC#N)C3)n1)CCN(c1cccc3cccc(Cl)c13)C2. The van der Waals surface area contributed by atoms with Gasteiger partial charge in [0.25, 0.3) is 5.91 Å². The summed E-state index contributed by atoms with van der Waals surface area (Å²) in [4.78, 5) is 34.2. The summed E-state index contributed by atoms with van der Waals surface area (Å²) in [6.07, 6.45) is 3.20. The van der Waals surface area contributed by atoms with Crippen LogP contribution < -0.4 is 14.5 Å². The number of halogens is 1. The number of carbonyl (C=O) groups excluding carboxylic acids is 1. The van der Waals surface area contributed by atoms with Crippen LogP contribution in [0.5, 0.6) is 6.01 Å². The zero-order chi connectivity index (χ0) is 33.7. The van der Waals surface area contributed by atoms with Crippen molar-refractivity contribution in [3.05, 3.63) is 52.7 Å². The molecule has 2 aromatic carbocycles. The number of hydrogen-bond acceptors (Lipinski definition) is 10. The van der Waals surface area contributed by atoms with E-state index in [0.717, 1.165) is 84.0 Å². The van der Waals surface area contributed by atoms with E-state index in [1.54, 1.807) is 4.90 Å². The van der Waals surface area contributed by atoms with Crippen LogP contribution in [-0.4, -0.2) is 122 Å². The van der Waals surface area contributed by atoms with E-state index in [1.165, 1.54) is 0 Å². The van der Waals surface area contributed by atoms with E-state index in [0.29, 0.717) is 64.6 Å². The second kappa shape index (κ2) is 15.2. The fourth-order valence-corrected chi connectivity index (χ4v) is 7.75. The maximum absolute atomic E-state index is 13.3. The quantitative estimate of drug-likeness (QED) is 0.344. The minimum atomic E-state index is -0.302. The monoisotopic (exact) mass is 682 g/mol. The second-order valence-electron chi connectivity index (χ2n) is 13.3. The zero-order valence-corrected chi connectivity index (χ0v) is 28.9. The van der Waals surface area contributed by atoms with Crippen molar-refractivity contribution in [1.29, 1.82) is 5.26 Å². The van der Waals surface area contributed by atoms with Gasteiger partial charge in [0.2, 0.25) is 0 Å². The summed E-state index contributed by atoms with van der Waals surface area (Å²) >= 11 is 6.74. The molecule has 0 unspecified atom stereocenters. The molecule has 3 fully saturated rings. The third-order valence-corrected chi connectivity index (χ3v) is 10.6. The number of aromatic nitrogens is 2. The van der Waals surface area contributed by atoms with Gasteiger partial charge < -0.3 is 29.1 Å². The molecular weight excluding hydrogens is 640 g/mol. The van der Waals surface area contributed by atoms with Crippen molar-refractivity contribution in [2.75, 3.05) is 89.0 Å². The Morgan fingerprint density at radius 1 is 1.04 bits per heavy atom. The number of hydrogen-bond donors (Lipinski definition) is 0. The highest BCUT2D eigenvalue weighted by Gasteiger charge is 2.34. The Bertz CT molecular complexity index is 1780. The molecule has 4 aliphatic rings.